The maximum absolute atomic E-state index is 12.9. The van der Waals surface area contributed by atoms with Crippen LogP contribution in [0.25, 0.3) is 22.0 Å². The Morgan fingerprint density at radius 3 is 2.41 bits per heavy atom. The highest BCUT2D eigenvalue weighted by Crippen LogP contribution is 2.37. The molecular weight excluding hydrogens is 430 g/mol. The van der Waals surface area contributed by atoms with Crippen molar-refractivity contribution in [2.75, 3.05) is 11.8 Å². The van der Waals surface area contributed by atoms with Gasteiger partial charge >= 0.3 is 0 Å². The van der Waals surface area contributed by atoms with E-state index in [4.69, 9.17) is 9.94 Å². The van der Waals surface area contributed by atoms with E-state index in [1.807, 2.05) is 48.1 Å². The molecule has 0 saturated heterocycles. The minimum Gasteiger partial charge on any atom is -0.496 e. The molecule has 0 aliphatic rings. The van der Waals surface area contributed by atoms with Crippen LogP contribution in [0.4, 0.5) is 5.69 Å². The molecule has 0 saturated carbocycles. The van der Waals surface area contributed by atoms with E-state index in [2.05, 4.69) is 4.72 Å². The van der Waals surface area contributed by atoms with Crippen molar-refractivity contribution in [3.63, 3.8) is 0 Å². The fourth-order valence-corrected chi connectivity index (χ4v) is 4.65. The largest absolute Gasteiger partial charge is 0.496 e. The van der Waals surface area contributed by atoms with Crippen molar-refractivity contribution in [3.05, 3.63) is 78.5 Å². The lowest BCUT2D eigenvalue weighted by atomic mass is 10.0. The highest BCUT2D eigenvalue weighted by molar-refractivity contribution is 7.92. The van der Waals surface area contributed by atoms with Crippen LogP contribution >= 0.6 is 0 Å². The van der Waals surface area contributed by atoms with Gasteiger partial charge in [-0.25, -0.2) is 13.9 Å². The predicted octanol–water partition coefficient (Wildman–Crippen LogP) is 3.77. The van der Waals surface area contributed by atoms with Gasteiger partial charge in [0.15, 0.2) is 0 Å². The van der Waals surface area contributed by atoms with Crippen LogP contribution in [0.5, 0.6) is 5.75 Å². The molecule has 0 aliphatic heterocycles. The SMILES string of the molecule is COc1ccccc1-c1cn(C)c2ccc(NS(=O)(=O)c3ccc(C(=O)NO)cc3)cc12. The number of para-hydroxylation sites is 1. The van der Waals surface area contributed by atoms with Crippen LogP contribution in [-0.2, 0) is 17.1 Å². The molecule has 1 amide bonds. The molecule has 8 nitrogen and oxygen atoms in total. The van der Waals surface area contributed by atoms with Crippen molar-refractivity contribution in [3.8, 4) is 16.9 Å². The molecule has 3 aromatic carbocycles. The van der Waals surface area contributed by atoms with E-state index < -0.39 is 15.9 Å². The molecule has 0 aliphatic carbocycles. The number of amides is 1. The van der Waals surface area contributed by atoms with E-state index in [0.717, 1.165) is 27.8 Å². The Hall–Kier alpha value is -3.82. The minimum absolute atomic E-state index is 0.00917. The quantitative estimate of drug-likeness (QED) is 0.305. The summed E-state index contributed by atoms with van der Waals surface area (Å²) in [5, 5.41) is 9.57. The number of aromatic nitrogens is 1. The Balaban J connectivity index is 1.72. The Labute approximate surface area is 185 Å². The molecule has 0 fully saturated rings. The zero-order valence-electron chi connectivity index (χ0n) is 17.4. The zero-order valence-corrected chi connectivity index (χ0v) is 18.2. The lowest BCUT2D eigenvalue weighted by molar-refractivity contribution is 0.0706. The van der Waals surface area contributed by atoms with Crippen molar-refractivity contribution in [1.29, 1.82) is 0 Å². The fraction of sp³-hybridized carbons (Fsp3) is 0.0870. The molecule has 0 radical (unpaired) electrons. The number of methoxy groups -OCH3 is 1. The first-order chi connectivity index (χ1) is 15.3. The number of carbonyl (C=O) groups is 1. The molecule has 9 heteroatoms. The van der Waals surface area contributed by atoms with E-state index in [-0.39, 0.29) is 10.5 Å². The van der Waals surface area contributed by atoms with Gasteiger partial charge in [-0.15, -0.1) is 0 Å². The summed E-state index contributed by atoms with van der Waals surface area (Å²) < 4.78 is 35.8. The monoisotopic (exact) mass is 451 g/mol. The maximum Gasteiger partial charge on any atom is 0.274 e. The Morgan fingerprint density at radius 1 is 1.00 bits per heavy atom. The van der Waals surface area contributed by atoms with Crippen LogP contribution < -0.4 is 14.9 Å². The number of hydroxylamine groups is 1. The Morgan fingerprint density at radius 2 is 1.72 bits per heavy atom. The van der Waals surface area contributed by atoms with Crippen LogP contribution in [-0.4, -0.2) is 31.2 Å². The third-order valence-electron chi connectivity index (χ3n) is 5.17. The second-order valence-corrected chi connectivity index (χ2v) is 8.84. The molecule has 0 bridgehead atoms. The van der Waals surface area contributed by atoms with E-state index in [9.17, 15) is 13.2 Å². The fourth-order valence-electron chi connectivity index (χ4n) is 3.60. The topological polar surface area (TPSA) is 110 Å². The van der Waals surface area contributed by atoms with Crippen molar-refractivity contribution < 1.29 is 23.2 Å². The van der Waals surface area contributed by atoms with Gasteiger partial charge in [-0.2, -0.15) is 0 Å². The molecule has 0 atom stereocenters. The number of rotatable bonds is 6. The number of hydrogen-bond acceptors (Lipinski definition) is 5. The zero-order chi connectivity index (χ0) is 22.9. The first kappa shape index (κ1) is 21.4. The first-order valence-electron chi connectivity index (χ1n) is 9.64. The number of benzene rings is 3. The highest BCUT2D eigenvalue weighted by atomic mass is 32.2. The van der Waals surface area contributed by atoms with E-state index in [1.54, 1.807) is 19.2 Å². The number of nitrogens with zero attached hydrogens (tertiary/aromatic N) is 1. The van der Waals surface area contributed by atoms with Crippen LogP contribution in [0, 0.1) is 0 Å². The Bertz CT molecular complexity index is 1410. The third kappa shape index (κ3) is 3.91. The van der Waals surface area contributed by atoms with Gasteiger partial charge in [-0.1, -0.05) is 18.2 Å². The lowest BCUT2D eigenvalue weighted by Crippen LogP contribution is -2.19. The van der Waals surface area contributed by atoms with Gasteiger partial charge in [0.05, 0.1) is 12.0 Å². The number of aryl methyl sites for hydroxylation is 1. The molecule has 32 heavy (non-hydrogen) atoms. The van der Waals surface area contributed by atoms with Crippen LogP contribution in [0.1, 0.15) is 10.4 Å². The third-order valence-corrected chi connectivity index (χ3v) is 6.56. The lowest BCUT2D eigenvalue weighted by Gasteiger charge is -2.10. The summed E-state index contributed by atoms with van der Waals surface area (Å²) in [4.78, 5) is 11.4. The predicted molar refractivity (Wildman–Crippen MR) is 121 cm³/mol. The van der Waals surface area contributed by atoms with Crippen molar-refractivity contribution in [1.82, 2.24) is 10.0 Å². The molecule has 164 valence electrons. The average molecular weight is 452 g/mol. The number of nitrogens with one attached hydrogen (secondary N) is 2. The smallest absolute Gasteiger partial charge is 0.274 e. The van der Waals surface area contributed by atoms with Crippen molar-refractivity contribution >= 4 is 32.5 Å². The number of carbonyl (C=O) groups excluding carboxylic acids is 1. The number of fused-ring (bicyclic) bond motifs is 1. The van der Waals surface area contributed by atoms with Crippen molar-refractivity contribution in [2.24, 2.45) is 7.05 Å². The van der Waals surface area contributed by atoms with Crippen molar-refractivity contribution in [2.45, 2.75) is 4.90 Å². The van der Waals surface area contributed by atoms with E-state index >= 15 is 0 Å². The molecular formula is C23H21N3O5S. The molecule has 1 heterocycles. The van der Waals surface area contributed by atoms with Gasteiger partial charge in [0.1, 0.15) is 5.75 Å². The second-order valence-electron chi connectivity index (χ2n) is 7.16. The summed E-state index contributed by atoms with van der Waals surface area (Å²) in [7, 11) is -0.354. The maximum atomic E-state index is 12.9. The molecule has 1 aromatic heterocycles. The number of anilines is 1. The average Bonchev–Trinajstić information content (AvgIpc) is 3.13. The van der Waals surface area contributed by atoms with Crippen LogP contribution in [0.2, 0.25) is 0 Å². The van der Waals surface area contributed by atoms with E-state index in [0.29, 0.717) is 5.69 Å². The summed E-state index contributed by atoms with van der Waals surface area (Å²) in [6.07, 6.45) is 1.98. The van der Waals surface area contributed by atoms with E-state index in [1.165, 1.54) is 29.7 Å². The number of sulfonamides is 1. The first-order valence-corrected chi connectivity index (χ1v) is 11.1. The molecule has 0 unspecified atom stereocenters. The van der Waals surface area contributed by atoms with Gasteiger partial charge in [-0.05, 0) is 48.5 Å². The molecule has 4 aromatic rings. The number of ether oxygens (including phenoxy) is 1. The highest BCUT2D eigenvalue weighted by Gasteiger charge is 2.17. The van der Waals surface area contributed by atoms with Gasteiger partial charge in [0.25, 0.3) is 15.9 Å². The summed E-state index contributed by atoms with van der Waals surface area (Å²) in [5.74, 6) is -0.00158. The Kier molecular flexibility index (Phi) is 5.60. The number of hydrogen-bond donors (Lipinski definition) is 3. The van der Waals surface area contributed by atoms with Gasteiger partial charge in [0, 0.05) is 46.5 Å². The summed E-state index contributed by atoms with van der Waals surface area (Å²) in [5.41, 5.74) is 4.80. The normalized spacial score (nSPS) is 11.3. The molecule has 4 rings (SSSR count). The standard InChI is InChI=1S/C23H21N3O5S/c1-26-14-20(18-5-3-4-6-22(18)31-2)19-13-16(9-12-21(19)26)25-32(29,30)17-10-7-15(8-11-17)23(27)24-28/h3-14,25,28H,1-2H3,(H,24,27). The summed E-state index contributed by atoms with van der Waals surface area (Å²) >= 11 is 0. The van der Waals surface area contributed by atoms with Gasteiger partial charge in [0.2, 0.25) is 0 Å². The molecule has 3 N–H and O–H groups in total. The van der Waals surface area contributed by atoms with Crippen LogP contribution in [0.3, 0.4) is 0 Å². The molecule has 0 spiro atoms. The van der Waals surface area contributed by atoms with Gasteiger partial charge in [-0.3, -0.25) is 14.7 Å². The van der Waals surface area contributed by atoms with Crippen LogP contribution in [0.15, 0.2) is 77.8 Å². The summed E-state index contributed by atoms with van der Waals surface area (Å²) in [6.45, 7) is 0. The second kappa shape index (κ2) is 8.37. The minimum atomic E-state index is -3.89. The summed E-state index contributed by atoms with van der Waals surface area (Å²) in [6, 6.07) is 18.2. The van der Waals surface area contributed by atoms with Gasteiger partial charge < -0.3 is 9.30 Å².